The molecular formula is C24H26ClNO. The van der Waals surface area contributed by atoms with E-state index in [0.29, 0.717) is 5.92 Å². The Labute approximate surface area is 167 Å². The molecule has 0 aliphatic carbocycles. The number of methoxy groups -OCH3 is 1. The van der Waals surface area contributed by atoms with Gasteiger partial charge in [-0.1, -0.05) is 84.4 Å². The zero-order valence-electron chi connectivity index (χ0n) is 15.7. The van der Waals surface area contributed by atoms with Crippen LogP contribution in [0.4, 0.5) is 0 Å². The molecule has 3 heteroatoms. The van der Waals surface area contributed by atoms with E-state index in [-0.39, 0.29) is 0 Å². The van der Waals surface area contributed by atoms with Crippen molar-refractivity contribution in [3.05, 3.63) is 95.0 Å². The number of hydrogen-bond donors (Lipinski definition) is 1. The quantitative estimate of drug-likeness (QED) is 0.477. The molecule has 0 aliphatic rings. The standard InChI is InChI=1S/C24H26ClNO/c1-27-18-17-26-16-15-20(19-9-3-2-4-10-19)21-11-5-6-12-22(21)23-13-7-8-14-24(23)25/h2-14,20,26H,15-18H2,1H3. The summed E-state index contributed by atoms with van der Waals surface area (Å²) in [6.07, 6.45) is 1.01. The lowest BCUT2D eigenvalue weighted by molar-refractivity contribution is 0.199. The molecule has 2 nitrogen and oxygen atoms in total. The van der Waals surface area contributed by atoms with Gasteiger partial charge < -0.3 is 10.1 Å². The van der Waals surface area contributed by atoms with Crippen molar-refractivity contribution in [2.45, 2.75) is 12.3 Å². The summed E-state index contributed by atoms with van der Waals surface area (Å²) in [5, 5.41) is 4.26. The molecule has 3 aromatic rings. The summed E-state index contributed by atoms with van der Waals surface area (Å²) in [6, 6.07) is 27.4. The SMILES string of the molecule is COCCNCCC(c1ccccc1)c1ccccc1-c1ccccc1Cl. The van der Waals surface area contributed by atoms with Gasteiger partial charge in [0.2, 0.25) is 0 Å². The largest absolute Gasteiger partial charge is 0.383 e. The van der Waals surface area contributed by atoms with Crippen LogP contribution in [0, 0.1) is 0 Å². The Hall–Kier alpha value is -2.13. The third-order valence-electron chi connectivity index (χ3n) is 4.79. The van der Waals surface area contributed by atoms with Crippen molar-refractivity contribution < 1.29 is 4.74 Å². The Balaban J connectivity index is 1.94. The zero-order chi connectivity index (χ0) is 18.9. The van der Waals surface area contributed by atoms with E-state index >= 15 is 0 Å². The minimum Gasteiger partial charge on any atom is -0.383 e. The molecule has 1 atom stereocenters. The van der Waals surface area contributed by atoms with Gasteiger partial charge in [-0.05, 0) is 35.7 Å². The molecule has 0 aliphatic heterocycles. The van der Waals surface area contributed by atoms with E-state index < -0.39 is 0 Å². The smallest absolute Gasteiger partial charge is 0.0587 e. The number of nitrogens with one attached hydrogen (secondary N) is 1. The molecule has 0 spiro atoms. The van der Waals surface area contributed by atoms with Crippen molar-refractivity contribution in [3.63, 3.8) is 0 Å². The molecule has 140 valence electrons. The fourth-order valence-electron chi connectivity index (χ4n) is 3.46. The lowest BCUT2D eigenvalue weighted by atomic mass is 9.84. The molecule has 0 amide bonds. The molecule has 0 saturated carbocycles. The highest BCUT2D eigenvalue weighted by atomic mass is 35.5. The summed E-state index contributed by atoms with van der Waals surface area (Å²) in [7, 11) is 1.73. The van der Waals surface area contributed by atoms with Gasteiger partial charge in [0.05, 0.1) is 6.61 Å². The number of hydrogen-bond acceptors (Lipinski definition) is 2. The second-order valence-electron chi connectivity index (χ2n) is 6.56. The number of rotatable bonds is 9. The summed E-state index contributed by atoms with van der Waals surface area (Å²) in [5.41, 5.74) is 4.92. The third kappa shape index (κ3) is 5.20. The maximum Gasteiger partial charge on any atom is 0.0587 e. The van der Waals surface area contributed by atoms with Gasteiger partial charge in [0.1, 0.15) is 0 Å². The number of ether oxygens (including phenoxy) is 1. The molecular weight excluding hydrogens is 354 g/mol. The van der Waals surface area contributed by atoms with Crippen molar-refractivity contribution in [1.82, 2.24) is 5.32 Å². The van der Waals surface area contributed by atoms with Gasteiger partial charge in [-0.2, -0.15) is 0 Å². The first kappa shape index (κ1) is 19.6. The van der Waals surface area contributed by atoms with Crippen LogP contribution < -0.4 is 5.32 Å². The van der Waals surface area contributed by atoms with E-state index in [1.54, 1.807) is 7.11 Å². The fourth-order valence-corrected chi connectivity index (χ4v) is 3.70. The van der Waals surface area contributed by atoms with Gasteiger partial charge >= 0.3 is 0 Å². The summed E-state index contributed by atoms with van der Waals surface area (Å²) in [5.74, 6) is 0.300. The highest BCUT2D eigenvalue weighted by Gasteiger charge is 2.18. The predicted octanol–water partition coefficient (Wildman–Crippen LogP) is 5.77. The molecule has 0 fully saturated rings. The first-order valence-corrected chi connectivity index (χ1v) is 9.77. The first-order chi connectivity index (χ1) is 13.3. The molecule has 0 aromatic heterocycles. The molecule has 0 heterocycles. The minimum atomic E-state index is 0.300. The summed E-state index contributed by atoms with van der Waals surface area (Å²) in [4.78, 5) is 0. The van der Waals surface area contributed by atoms with Gasteiger partial charge in [0, 0.05) is 30.2 Å². The summed E-state index contributed by atoms with van der Waals surface area (Å²) >= 11 is 6.52. The average Bonchev–Trinajstić information content (AvgIpc) is 2.72. The van der Waals surface area contributed by atoms with Crippen LogP contribution in [-0.4, -0.2) is 26.8 Å². The van der Waals surface area contributed by atoms with Gasteiger partial charge in [0.25, 0.3) is 0 Å². The van der Waals surface area contributed by atoms with Crippen molar-refractivity contribution in [3.8, 4) is 11.1 Å². The van der Waals surface area contributed by atoms with Crippen LogP contribution in [0.2, 0.25) is 5.02 Å². The minimum absolute atomic E-state index is 0.300. The topological polar surface area (TPSA) is 21.3 Å². The highest BCUT2D eigenvalue weighted by molar-refractivity contribution is 6.33. The second-order valence-corrected chi connectivity index (χ2v) is 6.97. The molecule has 3 rings (SSSR count). The van der Waals surface area contributed by atoms with E-state index in [9.17, 15) is 0 Å². The lowest BCUT2D eigenvalue weighted by Crippen LogP contribution is -2.22. The first-order valence-electron chi connectivity index (χ1n) is 9.39. The van der Waals surface area contributed by atoms with Crippen molar-refractivity contribution in [2.75, 3.05) is 26.8 Å². The lowest BCUT2D eigenvalue weighted by Gasteiger charge is -2.22. The van der Waals surface area contributed by atoms with Gasteiger partial charge in [0.15, 0.2) is 0 Å². The van der Waals surface area contributed by atoms with E-state index in [4.69, 9.17) is 16.3 Å². The maximum atomic E-state index is 6.52. The van der Waals surface area contributed by atoms with Crippen LogP contribution in [0.5, 0.6) is 0 Å². The van der Waals surface area contributed by atoms with Crippen molar-refractivity contribution in [1.29, 1.82) is 0 Å². The van der Waals surface area contributed by atoms with Crippen LogP contribution in [0.15, 0.2) is 78.9 Å². The molecule has 27 heavy (non-hydrogen) atoms. The van der Waals surface area contributed by atoms with Gasteiger partial charge in [-0.3, -0.25) is 0 Å². The van der Waals surface area contributed by atoms with E-state index in [1.807, 2.05) is 18.2 Å². The Morgan fingerprint density at radius 1 is 0.815 bits per heavy atom. The van der Waals surface area contributed by atoms with Crippen LogP contribution in [-0.2, 0) is 4.74 Å². The number of halogens is 1. The van der Waals surface area contributed by atoms with E-state index in [1.165, 1.54) is 16.7 Å². The van der Waals surface area contributed by atoms with Crippen LogP contribution in [0.25, 0.3) is 11.1 Å². The van der Waals surface area contributed by atoms with Crippen LogP contribution >= 0.6 is 11.6 Å². The zero-order valence-corrected chi connectivity index (χ0v) is 16.5. The second kappa shape index (κ2) is 10.3. The Kier molecular flexibility index (Phi) is 7.46. The van der Waals surface area contributed by atoms with E-state index in [0.717, 1.165) is 36.7 Å². The molecule has 0 saturated heterocycles. The Morgan fingerprint density at radius 3 is 2.22 bits per heavy atom. The van der Waals surface area contributed by atoms with Crippen LogP contribution in [0.1, 0.15) is 23.5 Å². The molecule has 3 aromatic carbocycles. The Morgan fingerprint density at radius 2 is 1.48 bits per heavy atom. The molecule has 1 N–H and O–H groups in total. The van der Waals surface area contributed by atoms with Crippen LogP contribution in [0.3, 0.4) is 0 Å². The normalized spacial score (nSPS) is 12.1. The maximum absolute atomic E-state index is 6.52. The molecule has 0 radical (unpaired) electrons. The average molecular weight is 380 g/mol. The van der Waals surface area contributed by atoms with Gasteiger partial charge in [-0.15, -0.1) is 0 Å². The van der Waals surface area contributed by atoms with E-state index in [2.05, 4.69) is 66.0 Å². The molecule has 1 unspecified atom stereocenters. The molecule has 0 bridgehead atoms. The predicted molar refractivity (Wildman–Crippen MR) is 115 cm³/mol. The fraction of sp³-hybridized carbons (Fsp3) is 0.250. The highest BCUT2D eigenvalue weighted by Crippen LogP contribution is 2.37. The number of benzene rings is 3. The van der Waals surface area contributed by atoms with Crippen molar-refractivity contribution in [2.24, 2.45) is 0 Å². The summed E-state index contributed by atoms with van der Waals surface area (Å²) < 4.78 is 5.13. The summed E-state index contributed by atoms with van der Waals surface area (Å²) in [6.45, 7) is 2.52. The van der Waals surface area contributed by atoms with Crippen molar-refractivity contribution >= 4 is 11.6 Å². The monoisotopic (exact) mass is 379 g/mol. The Bertz CT molecular complexity index is 835. The van der Waals surface area contributed by atoms with Gasteiger partial charge in [-0.25, -0.2) is 0 Å². The third-order valence-corrected chi connectivity index (χ3v) is 5.12.